The highest BCUT2D eigenvalue weighted by Crippen LogP contribution is 2.33. The van der Waals surface area contributed by atoms with Gasteiger partial charge in [-0.1, -0.05) is 44.2 Å². The van der Waals surface area contributed by atoms with E-state index in [1.165, 1.54) is 0 Å². The first kappa shape index (κ1) is 16.6. The molecule has 0 saturated heterocycles. The lowest BCUT2D eigenvalue weighted by molar-refractivity contribution is 0.171. The molecule has 2 heterocycles. The van der Waals surface area contributed by atoms with Crippen LogP contribution in [0.15, 0.2) is 48.5 Å². The van der Waals surface area contributed by atoms with E-state index in [0.717, 1.165) is 11.3 Å². The lowest BCUT2D eigenvalue weighted by Gasteiger charge is -2.19. The fourth-order valence-electron chi connectivity index (χ4n) is 2.90. The predicted octanol–water partition coefficient (Wildman–Crippen LogP) is 3.24. The summed E-state index contributed by atoms with van der Waals surface area (Å²) in [5, 5.41) is 15.5. The molecule has 1 aliphatic heterocycles. The van der Waals surface area contributed by atoms with Crippen molar-refractivity contribution in [2.24, 2.45) is 0 Å². The van der Waals surface area contributed by atoms with Gasteiger partial charge in [-0.3, -0.25) is 0 Å². The minimum absolute atomic E-state index is 0.148. The Morgan fingerprint density at radius 2 is 1.73 bits per heavy atom. The van der Waals surface area contributed by atoms with E-state index in [-0.39, 0.29) is 5.92 Å². The standard InChI is InChI=1S/C20H21N3O3/c1-13(2)19-21-20(18(24)14-6-4-3-5-7-14)23(22-19)15-8-9-16-17(12-15)26-11-10-25-16/h3-9,12-13,18,24H,10-11H2,1-2H3/t18-/m1/s1. The van der Waals surface area contributed by atoms with Crippen molar-refractivity contribution in [3.05, 3.63) is 65.7 Å². The lowest BCUT2D eigenvalue weighted by Crippen LogP contribution is -2.16. The van der Waals surface area contributed by atoms with Crippen LogP contribution in [0.2, 0.25) is 0 Å². The molecule has 0 amide bonds. The van der Waals surface area contributed by atoms with Crippen molar-refractivity contribution in [2.75, 3.05) is 13.2 Å². The smallest absolute Gasteiger partial charge is 0.165 e. The van der Waals surface area contributed by atoms with Crippen LogP contribution in [0.3, 0.4) is 0 Å². The minimum atomic E-state index is -0.871. The Morgan fingerprint density at radius 3 is 2.46 bits per heavy atom. The number of ether oxygens (including phenoxy) is 2. The average Bonchev–Trinajstić information content (AvgIpc) is 3.13. The van der Waals surface area contributed by atoms with E-state index in [0.29, 0.717) is 36.4 Å². The van der Waals surface area contributed by atoms with Crippen molar-refractivity contribution in [2.45, 2.75) is 25.9 Å². The zero-order valence-corrected chi connectivity index (χ0v) is 14.8. The van der Waals surface area contributed by atoms with Crippen molar-refractivity contribution < 1.29 is 14.6 Å². The van der Waals surface area contributed by atoms with Gasteiger partial charge in [0.15, 0.2) is 23.1 Å². The zero-order chi connectivity index (χ0) is 18.1. The second kappa shape index (κ2) is 6.80. The third-order valence-electron chi connectivity index (χ3n) is 4.30. The summed E-state index contributed by atoms with van der Waals surface area (Å²) in [5.41, 5.74) is 1.55. The maximum absolute atomic E-state index is 10.9. The van der Waals surface area contributed by atoms with Gasteiger partial charge < -0.3 is 14.6 Å². The number of aliphatic hydroxyl groups is 1. The molecule has 1 aromatic heterocycles. The average molecular weight is 351 g/mol. The molecule has 1 N–H and O–H groups in total. The molecule has 26 heavy (non-hydrogen) atoms. The molecule has 6 nitrogen and oxygen atoms in total. The van der Waals surface area contributed by atoms with E-state index in [1.807, 2.05) is 62.4 Å². The second-order valence-electron chi connectivity index (χ2n) is 6.54. The highest BCUT2D eigenvalue weighted by molar-refractivity contribution is 5.49. The van der Waals surface area contributed by atoms with Crippen LogP contribution in [0, 0.1) is 0 Å². The van der Waals surface area contributed by atoms with Gasteiger partial charge >= 0.3 is 0 Å². The topological polar surface area (TPSA) is 69.4 Å². The van der Waals surface area contributed by atoms with Crippen LogP contribution < -0.4 is 9.47 Å². The Bertz CT molecular complexity index is 906. The molecule has 6 heteroatoms. The van der Waals surface area contributed by atoms with Crippen LogP contribution in [0.5, 0.6) is 11.5 Å². The van der Waals surface area contributed by atoms with Crippen molar-refractivity contribution in [1.29, 1.82) is 0 Å². The van der Waals surface area contributed by atoms with E-state index in [1.54, 1.807) is 4.68 Å². The Hall–Kier alpha value is -2.86. The molecular formula is C20H21N3O3. The first-order valence-electron chi connectivity index (χ1n) is 8.73. The summed E-state index contributed by atoms with van der Waals surface area (Å²) < 4.78 is 12.9. The highest BCUT2D eigenvalue weighted by Gasteiger charge is 2.23. The number of fused-ring (bicyclic) bond motifs is 1. The Balaban J connectivity index is 1.80. The molecule has 0 unspecified atom stereocenters. The number of hydrogen-bond acceptors (Lipinski definition) is 5. The SMILES string of the molecule is CC(C)c1nc([C@H](O)c2ccccc2)n(-c2ccc3c(c2)OCCO3)n1. The number of aromatic nitrogens is 3. The summed E-state index contributed by atoms with van der Waals surface area (Å²) in [6.07, 6.45) is -0.871. The molecule has 0 bridgehead atoms. The van der Waals surface area contributed by atoms with Crippen molar-refractivity contribution in [3.63, 3.8) is 0 Å². The number of aliphatic hydroxyl groups excluding tert-OH is 1. The van der Waals surface area contributed by atoms with Crippen molar-refractivity contribution in [3.8, 4) is 17.2 Å². The monoisotopic (exact) mass is 351 g/mol. The Morgan fingerprint density at radius 1 is 1.00 bits per heavy atom. The van der Waals surface area contributed by atoms with E-state index in [4.69, 9.17) is 9.47 Å². The van der Waals surface area contributed by atoms with Gasteiger partial charge in [-0.15, -0.1) is 0 Å². The van der Waals surface area contributed by atoms with Gasteiger partial charge in [0.05, 0.1) is 5.69 Å². The van der Waals surface area contributed by atoms with Crippen LogP contribution in [-0.4, -0.2) is 33.1 Å². The summed E-state index contributed by atoms with van der Waals surface area (Å²) in [4.78, 5) is 4.60. The van der Waals surface area contributed by atoms with Crippen LogP contribution in [-0.2, 0) is 0 Å². The predicted molar refractivity (Wildman–Crippen MR) is 96.9 cm³/mol. The molecule has 0 aliphatic carbocycles. The molecule has 0 fully saturated rings. The highest BCUT2D eigenvalue weighted by atomic mass is 16.6. The molecule has 3 aromatic rings. The maximum atomic E-state index is 10.9. The first-order valence-corrected chi connectivity index (χ1v) is 8.73. The van der Waals surface area contributed by atoms with E-state index < -0.39 is 6.10 Å². The van der Waals surface area contributed by atoms with Crippen LogP contribution >= 0.6 is 0 Å². The molecule has 1 aliphatic rings. The Labute approximate surface area is 152 Å². The number of hydrogen-bond donors (Lipinski definition) is 1. The second-order valence-corrected chi connectivity index (χ2v) is 6.54. The fourth-order valence-corrected chi connectivity index (χ4v) is 2.90. The largest absolute Gasteiger partial charge is 0.486 e. The van der Waals surface area contributed by atoms with Gasteiger partial charge in [-0.25, -0.2) is 9.67 Å². The molecule has 0 spiro atoms. The summed E-state index contributed by atoms with van der Waals surface area (Å²) in [6, 6.07) is 15.1. The van der Waals surface area contributed by atoms with E-state index in [9.17, 15) is 5.11 Å². The van der Waals surface area contributed by atoms with Crippen LogP contribution in [0.4, 0.5) is 0 Å². The summed E-state index contributed by atoms with van der Waals surface area (Å²) in [7, 11) is 0. The van der Waals surface area contributed by atoms with Gasteiger partial charge in [0.1, 0.15) is 19.3 Å². The van der Waals surface area contributed by atoms with Gasteiger partial charge in [-0.2, -0.15) is 5.10 Å². The maximum Gasteiger partial charge on any atom is 0.165 e. The number of nitrogens with zero attached hydrogens (tertiary/aromatic N) is 3. The van der Waals surface area contributed by atoms with Crippen LogP contribution in [0.1, 0.15) is 43.1 Å². The molecule has 1 atom stereocenters. The number of rotatable bonds is 4. The van der Waals surface area contributed by atoms with Crippen molar-refractivity contribution in [1.82, 2.24) is 14.8 Å². The van der Waals surface area contributed by atoms with Gasteiger partial charge in [0.25, 0.3) is 0 Å². The zero-order valence-electron chi connectivity index (χ0n) is 14.8. The summed E-state index contributed by atoms with van der Waals surface area (Å²) in [6.45, 7) is 5.13. The quantitative estimate of drug-likeness (QED) is 0.781. The molecule has 2 aromatic carbocycles. The molecule has 4 rings (SSSR count). The third-order valence-corrected chi connectivity index (χ3v) is 4.30. The van der Waals surface area contributed by atoms with Gasteiger partial charge in [-0.05, 0) is 17.7 Å². The van der Waals surface area contributed by atoms with E-state index >= 15 is 0 Å². The number of benzene rings is 2. The molecule has 0 radical (unpaired) electrons. The normalized spacial score (nSPS) is 14.5. The molecule has 134 valence electrons. The third kappa shape index (κ3) is 3.04. The van der Waals surface area contributed by atoms with Crippen molar-refractivity contribution >= 4 is 0 Å². The lowest BCUT2D eigenvalue weighted by atomic mass is 10.1. The van der Waals surface area contributed by atoms with Gasteiger partial charge in [0, 0.05) is 12.0 Å². The summed E-state index contributed by atoms with van der Waals surface area (Å²) >= 11 is 0. The fraction of sp³-hybridized carbons (Fsp3) is 0.300. The van der Waals surface area contributed by atoms with E-state index in [2.05, 4.69) is 10.1 Å². The Kier molecular flexibility index (Phi) is 4.34. The van der Waals surface area contributed by atoms with Crippen LogP contribution in [0.25, 0.3) is 5.69 Å². The summed E-state index contributed by atoms with van der Waals surface area (Å²) in [5.74, 6) is 2.71. The minimum Gasteiger partial charge on any atom is -0.486 e. The molecular weight excluding hydrogens is 330 g/mol. The van der Waals surface area contributed by atoms with Gasteiger partial charge in [0.2, 0.25) is 0 Å². The first-order chi connectivity index (χ1) is 12.6. The molecule has 0 saturated carbocycles.